The molecule has 0 amide bonds. The first-order valence-electron chi connectivity index (χ1n) is 13.5. The summed E-state index contributed by atoms with van der Waals surface area (Å²) in [5, 5.41) is 1.76. The number of hydrogen-bond donors (Lipinski definition) is 0. The molecule has 0 fully saturated rings. The largest absolute Gasteiger partial charge is 0.500 e. The summed E-state index contributed by atoms with van der Waals surface area (Å²) in [5.74, 6) is 0.353. The van der Waals surface area contributed by atoms with Crippen LogP contribution in [0.4, 0.5) is 4.39 Å². The zero-order valence-corrected chi connectivity index (χ0v) is 25.4. The second-order valence-electron chi connectivity index (χ2n) is 9.74. The van der Waals surface area contributed by atoms with E-state index in [2.05, 4.69) is 26.7 Å². The number of benzene rings is 4. The van der Waals surface area contributed by atoms with Crippen LogP contribution in [0.3, 0.4) is 0 Å². The van der Waals surface area contributed by atoms with E-state index < -0.39 is 0 Å². The summed E-state index contributed by atoms with van der Waals surface area (Å²) in [6, 6.07) is 40.5. The van der Waals surface area contributed by atoms with Gasteiger partial charge in [0, 0.05) is 49.6 Å². The summed E-state index contributed by atoms with van der Waals surface area (Å²) in [6.07, 6.45) is 3.55. The molecule has 0 unspecified atom stereocenters. The standard InChI is InChI=1S/C25H15FN3O.C11H8N.Ir/c1-15-12-13-27-24-22(15)29(17-6-3-2-4-7-17)25(28-24)20-9-5-8-19-18-11-10-16(26)14-21(18)30-23(19)20;1-2-6-10(7-3-1)11-8-4-5-9-12-11;/h2-8,10-14H,1H3;1-6,8-9H;/q2*-1;. The average molecular weight is 739 g/mol. The van der Waals surface area contributed by atoms with E-state index in [1.54, 1.807) is 18.5 Å². The van der Waals surface area contributed by atoms with Crippen molar-refractivity contribution in [2.45, 2.75) is 6.92 Å². The molecule has 0 atom stereocenters. The van der Waals surface area contributed by atoms with Crippen molar-refractivity contribution < 1.29 is 28.9 Å². The molecule has 4 aromatic carbocycles. The van der Waals surface area contributed by atoms with Crippen molar-refractivity contribution in [2.75, 3.05) is 0 Å². The van der Waals surface area contributed by atoms with Crippen molar-refractivity contribution in [1.82, 2.24) is 19.5 Å². The Morgan fingerprint density at radius 2 is 1.60 bits per heavy atom. The van der Waals surface area contributed by atoms with Gasteiger partial charge in [-0.3, -0.25) is 4.98 Å². The number of aromatic nitrogens is 4. The van der Waals surface area contributed by atoms with Crippen LogP contribution in [0, 0.1) is 24.9 Å². The van der Waals surface area contributed by atoms with Crippen molar-refractivity contribution in [1.29, 1.82) is 0 Å². The van der Waals surface area contributed by atoms with Crippen LogP contribution in [0.5, 0.6) is 0 Å². The summed E-state index contributed by atoms with van der Waals surface area (Å²) < 4.78 is 21.9. The number of para-hydroxylation sites is 1. The fraction of sp³-hybridized carbons (Fsp3) is 0.0278. The number of rotatable bonds is 3. The molecular formula is C36H23FIrN4O-2. The maximum Gasteiger partial charge on any atom is 0.168 e. The third-order valence-electron chi connectivity index (χ3n) is 7.04. The number of pyridine rings is 2. The van der Waals surface area contributed by atoms with Gasteiger partial charge in [-0.15, -0.1) is 54.1 Å². The summed E-state index contributed by atoms with van der Waals surface area (Å²) in [4.78, 5) is 13.5. The van der Waals surface area contributed by atoms with Crippen LogP contribution in [0.15, 0.2) is 126 Å². The molecule has 0 aliphatic rings. The Hall–Kier alpha value is -4.97. The Morgan fingerprint density at radius 3 is 2.40 bits per heavy atom. The molecule has 4 heterocycles. The Labute approximate surface area is 261 Å². The molecule has 4 aromatic heterocycles. The Bertz CT molecular complexity index is 2120. The first-order valence-corrected chi connectivity index (χ1v) is 13.5. The number of imidazole rings is 1. The van der Waals surface area contributed by atoms with E-state index in [9.17, 15) is 4.39 Å². The van der Waals surface area contributed by atoms with Crippen molar-refractivity contribution in [3.05, 3.63) is 145 Å². The molecule has 0 bridgehead atoms. The molecule has 8 rings (SSSR count). The van der Waals surface area contributed by atoms with Crippen LogP contribution in [0.1, 0.15) is 5.56 Å². The van der Waals surface area contributed by atoms with E-state index in [0.717, 1.165) is 38.8 Å². The fourth-order valence-electron chi connectivity index (χ4n) is 5.10. The van der Waals surface area contributed by atoms with Crippen molar-refractivity contribution in [2.24, 2.45) is 0 Å². The molecule has 1 radical (unpaired) electrons. The van der Waals surface area contributed by atoms with Gasteiger partial charge in [0.1, 0.15) is 11.4 Å². The molecule has 0 saturated heterocycles. The third kappa shape index (κ3) is 5.36. The van der Waals surface area contributed by atoms with Gasteiger partial charge in [0.25, 0.3) is 0 Å². The third-order valence-corrected chi connectivity index (χ3v) is 7.04. The van der Waals surface area contributed by atoms with E-state index in [4.69, 9.17) is 9.40 Å². The second-order valence-corrected chi connectivity index (χ2v) is 9.74. The van der Waals surface area contributed by atoms with Gasteiger partial charge in [-0.1, -0.05) is 41.3 Å². The molecular weight excluding hydrogens is 716 g/mol. The van der Waals surface area contributed by atoms with Gasteiger partial charge in [-0.2, -0.15) is 0 Å². The number of nitrogens with zero attached hydrogens (tertiary/aromatic N) is 4. The smallest absolute Gasteiger partial charge is 0.168 e. The van der Waals surface area contributed by atoms with Crippen molar-refractivity contribution in [3.8, 4) is 28.3 Å². The zero-order chi connectivity index (χ0) is 28.5. The van der Waals surface area contributed by atoms with Gasteiger partial charge in [-0.25, -0.2) is 9.37 Å². The molecule has 0 aliphatic carbocycles. The number of fused-ring (bicyclic) bond motifs is 4. The van der Waals surface area contributed by atoms with Crippen LogP contribution in [-0.4, -0.2) is 19.5 Å². The summed E-state index contributed by atoms with van der Waals surface area (Å²) >= 11 is 0. The molecule has 5 nitrogen and oxygen atoms in total. The maximum atomic E-state index is 13.8. The monoisotopic (exact) mass is 739 g/mol. The van der Waals surface area contributed by atoms with E-state index in [-0.39, 0.29) is 25.9 Å². The van der Waals surface area contributed by atoms with Gasteiger partial charge in [0.15, 0.2) is 5.65 Å². The van der Waals surface area contributed by atoms with Gasteiger partial charge in [0.05, 0.1) is 16.9 Å². The SMILES string of the molecule is Cc1ccnc2nc(-c3[c-]ccc4c3oc3cc(F)ccc34)n(-c3ccccc3)c12.[Ir].[c-]1ccccc1-c1ccccn1. The zero-order valence-electron chi connectivity index (χ0n) is 23.0. The number of hydrogen-bond acceptors (Lipinski definition) is 4. The van der Waals surface area contributed by atoms with Gasteiger partial charge in [0.2, 0.25) is 0 Å². The van der Waals surface area contributed by atoms with E-state index in [1.807, 2.05) is 97.9 Å². The molecule has 43 heavy (non-hydrogen) atoms. The fourth-order valence-corrected chi connectivity index (χ4v) is 5.10. The number of halogens is 1. The minimum absolute atomic E-state index is 0. The molecule has 0 spiro atoms. The van der Waals surface area contributed by atoms with Crippen LogP contribution >= 0.6 is 0 Å². The Morgan fingerprint density at radius 1 is 0.767 bits per heavy atom. The molecule has 0 N–H and O–H groups in total. The molecule has 0 saturated carbocycles. The van der Waals surface area contributed by atoms with E-state index in [1.165, 1.54) is 12.1 Å². The van der Waals surface area contributed by atoms with Gasteiger partial charge < -0.3 is 14.0 Å². The predicted octanol–water partition coefficient (Wildman–Crippen LogP) is 8.78. The predicted molar refractivity (Wildman–Crippen MR) is 164 cm³/mol. The normalized spacial score (nSPS) is 10.8. The first-order chi connectivity index (χ1) is 20.7. The molecule has 7 heteroatoms. The van der Waals surface area contributed by atoms with Crippen LogP contribution in [0.2, 0.25) is 0 Å². The average Bonchev–Trinajstić information content (AvgIpc) is 3.62. The van der Waals surface area contributed by atoms with Crippen molar-refractivity contribution >= 4 is 33.1 Å². The van der Waals surface area contributed by atoms with Gasteiger partial charge >= 0.3 is 0 Å². The maximum absolute atomic E-state index is 13.8. The van der Waals surface area contributed by atoms with Crippen LogP contribution in [-0.2, 0) is 20.1 Å². The van der Waals surface area contributed by atoms with Crippen LogP contribution < -0.4 is 0 Å². The van der Waals surface area contributed by atoms with E-state index in [0.29, 0.717) is 28.2 Å². The first kappa shape index (κ1) is 28.2. The van der Waals surface area contributed by atoms with E-state index >= 15 is 0 Å². The summed E-state index contributed by atoms with van der Waals surface area (Å²) in [6.45, 7) is 2.04. The topological polar surface area (TPSA) is 56.7 Å². The van der Waals surface area contributed by atoms with Gasteiger partial charge in [-0.05, 0) is 54.6 Å². The minimum Gasteiger partial charge on any atom is -0.500 e. The summed E-state index contributed by atoms with van der Waals surface area (Å²) in [5.41, 5.74) is 7.49. The number of furan rings is 1. The minimum atomic E-state index is -0.330. The quantitative estimate of drug-likeness (QED) is 0.170. The molecule has 8 aromatic rings. The second kappa shape index (κ2) is 12.1. The Balaban J connectivity index is 0.000000213. The van der Waals surface area contributed by atoms with Crippen molar-refractivity contribution in [3.63, 3.8) is 0 Å². The molecule has 0 aliphatic heterocycles. The molecule has 211 valence electrons. The Kier molecular flexibility index (Phi) is 7.92. The number of aryl methyl sites for hydroxylation is 1. The van der Waals surface area contributed by atoms with Crippen LogP contribution in [0.25, 0.3) is 61.4 Å². The summed E-state index contributed by atoms with van der Waals surface area (Å²) in [7, 11) is 0.